The highest BCUT2D eigenvalue weighted by Gasteiger charge is 2.05. The standard InChI is InChI=1S/C10H8N2O2/c1-12-5-7(6-13)8-2-3-11-4-9(8)10(12)14/h2-6H,1H3. The van der Waals surface area contributed by atoms with Crippen LogP contribution in [0.5, 0.6) is 0 Å². The molecule has 0 N–H and O–H groups in total. The molecule has 0 spiro atoms. The molecule has 0 radical (unpaired) electrons. The summed E-state index contributed by atoms with van der Waals surface area (Å²) >= 11 is 0. The number of aromatic nitrogens is 2. The minimum Gasteiger partial charge on any atom is -0.317 e. The van der Waals surface area contributed by atoms with Crippen LogP contribution in [0.2, 0.25) is 0 Å². The molecule has 0 atom stereocenters. The molecule has 4 nitrogen and oxygen atoms in total. The molecule has 0 aromatic carbocycles. The Bertz CT molecular complexity index is 558. The van der Waals surface area contributed by atoms with E-state index in [1.54, 1.807) is 19.3 Å². The molecule has 0 unspecified atom stereocenters. The van der Waals surface area contributed by atoms with E-state index in [2.05, 4.69) is 4.98 Å². The Morgan fingerprint density at radius 2 is 2.21 bits per heavy atom. The number of nitrogens with zero attached hydrogens (tertiary/aromatic N) is 2. The van der Waals surface area contributed by atoms with Crippen molar-refractivity contribution in [3.05, 3.63) is 40.6 Å². The van der Waals surface area contributed by atoms with E-state index in [0.29, 0.717) is 16.3 Å². The molecule has 0 fully saturated rings. The van der Waals surface area contributed by atoms with Gasteiger partial charge in [0.1, 0.15) is 0 Å². The van der Waals surface area contributed by atoms with Crippen LogP contribution in [0.4, 0.5) is 0 Å². The van der Waals surface area contributed by atoms with E-state index >= 15 is 0 Å². The quantitative estimate of drug-likeness (QED) is 0.620. The highest BCUT2D eigenvalue weighted by atomic mass is 16.1. The van der Waals surface area contributed by atoms with Crippen molar-refractivity contribution in [2.24, 2.45) is 7.05 Å². The van der Waals surface area contributed by atoms with Crippen LogP contribution < -0.4 is 5.56 Å². The highest BCUT2D eigenvalue weighted by Crippen LogP contribution is 2.11. The lowest BCUT2D eigenvalue weighted by Crippen LogP contribution is -2.17. The molecule has 0 aliphatic heterocycles. The van der Waals surface area contributed by atoms with Crippen LogP contribution >= 0.6 is 0 Å². The van der Waals surface area contributed by atoms with E-state index in [1.165, 1.54) is 17.0 Å². The summed E-state index contributed by atoms with van der Waals surface area (Å²) in [7, 11) is 1.61. The molecule has 0 bridgehead atoms. The zero-order valence-electron chi connectivity index (χ0n) is 7.60. The molecule has 2 aromatic heterocycles. The minimum absolute atomic E-state index is 0.140. The van der Waals surface area contributed by atoms with Gasteiger partial charge in [-0.3, -0.25) is 14.6 Å². The summed E-state index contributed by atoms with van der Waals surface area (Å²) in [6, 6.07) is 1.67. The number of carbonyl (C=O) groups excluding carboxylic acids is 1. The number of carbonyl (C=O) groups is 1. The summed E-state index contributed by atoms with van der Waals surface area (Å²) in [5.74, 6) is 0. The van der Waals surface area contributed by atoms with E-state index < -0.39 is 0 Å². The van der Waals surface area contributed by atoms with Gasteiger partial charge in [0.15, 0.2) is 6.29 Å². The first-order chi connectivity index (χ1) is 6.74. The molecule has 70 valence electrons. The van der Waals surface area contributed by atoms with Crippen LogP contribution in [0.15, 0.2) is 29.5 Å². The molecule has 0 saturated carbocycles. The summed E-state index contributed by atoms with van der Waals surface area (Å²) in [4.78, 5) is 26.2. The van der Waals surface area contributed by atoms with Gasteiger partial charge in [0.05, 0.1) is 5.39 Å². The maximum atomic E-state index is 11.6. The summed E-state index contributed by atoms with van der Waals surface area (Å²) in [6.45, 7) is 0. The zero-order chi connectivity index (χ0) is 10.1. The molecule has 2 aromatic rings. The fourth-order valence-electron chi connectivity index (χ4n) is 1.44. The van der Waals surface area contributed by atoms with Crippen LogP contribution in [-0.4, -0.2) is 15.8 Å². The predicted octanol–water partition coefficient (Wildman–Crippen LogP) is 0.746. The monoisotopic (exact) mass is 188 g/mol. The van der Waals surface area contributed by atoms with E-state index in [0.717, 1.165) is 6.29 Å². The average Bonchev–Trinajstić information content (AvgIpc) is 2.23. The third-order valence-corrected chi connectivity index (χ3v) is 2.14. The zero-order valence-corrected chi connectivity index (χ0v) is 7.60. The SMILES string of the molecule is Cn1cc(C=O)c2ccncc2c1=O. The first kappa shape index (κ1) is 8.62. The van der Waals surface area contributed by atoms with Crippen molar-refractivity contribution in [1.82, 2.24) is 9.55 Å². The topological polar surface area (TPSA) is 52.0 Å². The number of aldehydes is 1. The average molecular weight is 188 g/mol. The third kappa shape index (κ3) is 1.12. The largest absolute Gasteiger partial charge is 0.317 e. The van der Waals surface area contributed by atoms with Crippen molar-refractivity contribution < 1.29 is 4.79 Å². The van der Waals surface area contributed by atoms with Gasteiger partial charge in [0.2, 0.25) is 0 Å². The van der Waals surface area contributed by atoms with Gasteiger partial charge in [-0.1, -0.05) is 0 Å². The highest BCUT2D eigenvalue weighted by molar-refractivity contribution is 5.96. The Balaban J connectivity index is 3.04. The maximum absolute atomic E-state index is 11.6. The number of hydrogen-bond acceptors (Lipinski definition) is 3. The van der Waals surface area contributed by atoms with Crippen molar-refractivity contribution in [3.8, 4) is 0 Å². The van der Waals surface area contributed by atoms with Crippen molar-refractivity contribution in [3.63, 3.8) is 0 Å². The molecular formula is C10H8N2O2. The summed E-state index contributed by atoms with van der Waals surface area (Å²) < 4.78 is 1.38. The Labute approximate surface area is 79.8 Å². The van der Waals surface area contributed by atoms with E-state index in [9.17, 15) is 9.59 Å². The molecule has 14 heavy (non-hydrogen) atoms. The third-order valence-electron chi connectivity index (χ3n) is 2.14. The second kappa shape index (κ2) is 3.06. The van der Waals surface area contributed by atoms with E-state index in [1.807, 2.05) is 0 Å². The second-order valence-corrected chi connectivity index (χ2v) is 3.04. The molecular weight excluding hydrogens is 180 g/mol. The fourth-order valence-corrected chi connectivity index (χ4v) is 1.44. The lowest BCUT2D eigenvalue weighted by molar-refractivity contribution is 0.112. The molecule has 2 heterocycles. The summed E-state index contributed by atoms with van der Waals surface area (Å²) in [5, 5.41) is 1.12. The van der Waals surface area contributed by atoms with Crippen LogP contribution in [0, 0.1) is 0 Å². The number of fused-ring (bicyclic) bond motifs is 1. The normalized spacial score (nSPS) is 10.4. The summed E-state index contributed by atoms with van der Waals surface area (Å²) in [6.07, 6.45) is 5.30. The van der Waals surface area contributed by atoms with Crippen LogP contribution in [0.25, 0.3) is 10.8 Å². The predicted molar refractivity (Wildman–Crippen MR) is 52.4 cm³/mol. The van der Waals surface area contributed by atoms with Gasteiger partial charge < -0.3 is 4.57 Å². The van der Waals surface area contributed by atoms with Crippen LogP contribution in [0.3, 0.4) is 0 Å². The summed E-state index contributed by atoms with van der Waals surface area (Å²) in [5.41, 5.74) is 0.364. The van der Waals surface area contributed by atoms with E-state index in [4.69, 9.17) is 0 Å². The van der Waals surface area contributed by atoms with Gasteiger partial charge in [-0.05, 0) is 6.07 Å². The lowest BCUT2D eigenvalue weighted by atomic mass is 10.1. The molecule has 0 amide bonds. The van der Waals surface area contributed by atoms with E-state index in [-0.39, 0.29) is 5.56 Å². The molecule has 0 aliphatic rings. The van der Waals surface area contributed by atoms with Crippen molar-refractivity contribution in [2.75, 3.05) is 0 Å². The number of pyridine rings is 2. The van der Waals surface area contributed by atoms with Crippen LogP contribution in [0.1, 0.15) is 10.4 Å². The van der Waals surface area contributed by atoms with Gasteiger partial charge in [0, 0.05) is 36.6 Å². The van der Waals surface area contributed by atoms with Crippen molar-refractivity contribution in [2.45, 2.75) is 0 Å². The Morgan fingerprint density at radius 1 is 1.43 bits per heavy atom. The first-order valence-electron chi connectivity index (χ1n) is 4.12. The molecule has 0 aliphatic carbocycles. The molecule has 4 heteroatoms. The first-order valence-corrected chi connectivity index (χ1v) is 4.12. The van der Waals surface area contributed by atoms with Crippen LogP contribution in [-0.2, 0) is 7.05 Å². The number of rotatable bonds is 1. The molecule has 0 saturated heterocycles. The van der Waals surface area contributed by atoms with Gasteiger partial charge in [-0.15, -0.1) is 0 Å². The Morgan fingerprint density at radius 3 is 2.93 bits per heavy atom. The second-order valence-electron chi connectivity index (χ2n) is 3.04. The Hall–Kier alpha value is -1.97. The van der Waals surface area contributed by atoms with Gasteiger partial charge in [-0.2, -0.15) is 0 Å². The maximum Gasteiger partial charge on any atom is 0.259 e. The lowest BCUT2D eigenvalue weighted by Gasteiger charge is -2.02. The number of hydrogen-bond donors (Lipinski definition) is 0. The Kier molecular flexibility index (Phi) is 1.89. The van der Waals surface area contributed by atoms with Crippen molar-refractivity contribution >= 4 is 17.1 Å². The minimum atomic E-state index is -0.140. The fraction of sp³-hybridized carbons (Fsp3) is 0.100. The van der Waals surface area contributed by atoms with Crippen molar-refractivity contribution in [1.29, 1.82) is 0 Å². The smallest absolute Gasteiger partial charge is 0.259 e. The molecule has 2 rings (SSSR count). The van der Waals surface area contributed by atoms with Gasteiger partial charge in [0.25, 0.3) is 5.56 Å². The van der Waals surface area contributed by atoms with Gasteiger partial charge >= 0.3 is 0 Å². The number of aryl methyl sites for hydroxylation is 1. The van der Waals surface area contributed by atoms with Gasteiger partial charge in [-0.25, -0.2) is 0 Å².